The largest absolute Gasteiger partial charge is 0.372 e. The maximum absolute atomic E-state index is 5.64. The molecule has 1 nitrogen and oxygen atoms in total. The minimum Gasteiger partial charge on any atom is -0.372 e. The normalized spacial score (nSPS) is 10.3. The van der Waals surface area contributed by atoms with Gasteiger partial charge in [-0.15, -0.1) is 0 Å². The maximum Gasteiger partial charge on any atom is 0.0721 e. The molecule has 2 heteroatoms. The van der Waals surface area contributed by atoms with Crippen molar-refractivity contribution in [3.05, 3.63) is 70.2 Å². The lowest BCUT2D eigenvalue weighted by Crippen LogP contribution is -1.93. The summed E-state index contributed by atoms with van der Waals surface area (Å²) in [5, 5.41) is 0. The average Bonchev–Trinajstić information content (AvgIpc) is 2.30. The van der Waals surface area contributed by atoms with Gasteiger partial charge in [-0.2, -0.15) is 0 Å². The van der Waals surface area contributed by atoms with Gasteiger partial charge >= 0.3 is 0 Å². The molecule has 0 amide bonds. The molecule has 0 N–H and O–H groups in total. The van der Waals surface area contributed by atoms with Gasteiger partial charge in [-0.25, -0.2) is 0 Å². The van der Waals surface area contributed by atoms with Gasteiger partial charge in [-0.1, -0.05) is 58.4 Å². The van der Waals surface area contributed by atoms with Crippen LogP contribution < -0.4 is 0 Å². The highest BCUT2D eigenvalue weighted by Crippen LogP contribution is 2.13. The van der Waals surface area contributed by atoms with Crippen molar-refractivity contribution >= 4 is 15.9 Å². The molecule has 82 valence electrons. The van der Waals surface area contributed by atoms with Crippen LogP contribution >= 0.6 is 15.9 Å². The van der Waals surface area contributed by atoms with E-state index in [9.17, 15) is 0 Å². The van der Waals surface area contributed by atoms with Crippen molar-refractivity contribution in [1.29, 1.82) is 0 Å². The number of hydrogen-bond acceptors (Lipinski definition) is 1. The van der Waals surface area contributed by atoms with Gasteiger partial charge in [-0.05, 0) is 23.3 Å². The summed E-state index contributed by atoms with van der Waals surface area (Å²) in [7, 11) is 0. The van der Waals surface area contributed by atoms with Gasteiger partial charge in [0.25, 0.3) is 0 Å². The highest BCUT2D eigenvalue weighted by Gasteiger charge is 1.95. The Morgan fingerprint density at radius 1 is 0.812 bits per heavy atom. The Labute approximate surface area is 104 Å². The molecule has 16 heavy (non-hydrogen) atoms. The summed E-state index contributed by atoms with van der Waals surface area (Å²) < 4.78 is 6.73. The van der Waals surface area contributed by atoms with Crippen LogP contribution in [-0.2, 0) is 18.0 Å². The van der Waals surface area contributed by atoms with Crippen LogP contribution in [-0.4, -0.2) is 0 Å². The van der Waals surface area contributed by atoms with E-state index >= 15 is 0 Å². The summed E-state index contributed by atoms with van der Waals surface area (Å²) in [4.78, 5) is 0. The summed E-state index contributed by atoms with van der Waals surface area (Å²) >= 11 is 3.44. The third-order valence-electron chi connectivity index (χ3n) is 2.27. The number of halogens is 1. The zero-order valence-corrected chi connectivity index (χ0v) is 10.5. The Bertz CT molecular complexity index is 439. The fourth-order valence-corrected chi connectivity index (χ4v) is 1.93. The Kier molecular flexibility index (Phi) is 4.14. The number of benzene rings is 2. The van der Waals surface area contributed by atoms with E-state index < -0.39 is 0 Å². The first kappa shape index (κ1) is 11.4. The van der Waals surface area contributed by atoms with Crippen molar-refractivity contribution in [1.82, 2.24) is 0 Å². The second kappa shape index (κ2) is 5.83. The predicted octanol–water partition coefficient (Wildman–Crippen LogP) is 4.17. The molecule has 2 aromatic carbocycles. The van der Waals surface area contributed by atoms with E-state index in [2.05, 4.69) is 40.2 Å². The van der Waals surface area contributed by atoms with Crippen LogP contribution in [0.3, 0.4) is 0 Å². The van der Waals surface area contributed by atoms with Gasteiger partial charge in [0.15, 0.2) is 0 Å². The molecule has 0 aliphatic heterocycles. The molecule has 0 aliphatic rings. The van der Waals surface area contributed by atoms with E-state index in [4.69, 9.17) is 4.74 Å². The van der Waals surface area contributed by atoms with E-state index in [-0.39, 0.29) is 0 Å². The van der Waals surface area contributed by atoms with Crippen molar-refractivity contribution in [2.45, 2.75) is 13.2 Å². The molecule has 0 unspecified atom stereocenters. The third kappa shape index (κ3) is 3.47. The summed E-state index contributed by atoms with van der Waals surface area (Å²) in [5.74, 6) is 0. The second-order valence-corrected chi connectivity index (χ2v) is 4.52. The topological polar surface area (TPSA) is 9.23 Å². The van der Waals surface area contributed by atoms with Crippen molar-refractivity contribution in [3.63, 3.8) is 0 Å². The molecule has 0 radical (unpaired) electrons. The van der Waals surface area contributed by atoms with Gasteiger partial charge in [0.2, 0.25) is 0 Å². The Balaban J connectivity index is 1.85. The lowest BCUT2D eigenvalue weighted by molar-refractivity contribution is 0.107. The molecule has 0 spiro atoms. The smallest absolute Gasteiger partial charge is 0.0721 e. The SMILES string of the molecule is Brc1cccc(COCc2ccccc2)c1. The molecule has 0 aliphatic carbocycles. The zero-order valence-electron chi connectivity index (χ0n) is 8.90. The fourth-order valence-electron chi connectivity index (χ4n) is 1.49. The first-order valence-corrected chi connectivity index (χ1v) is 6.00. The number of rotatable bonds is 4. The van der Waals surface area contributed by atoms with E-state index in [1.54, 1.807) is 0 Å². The van der Waals surface area contributed by atoms with Crippen molar-refractivity contribution in [2.75, 3.05) is 0 Å². The molecule has 0 bridgehead atoms. The van der Waals surface area contributed by atoms with Crippen LogP contribution in [0.1, 0.15) is 11.1 Å². The predicted molar refractivity (Wildman–Crippen MR) is 69.1 cm³/mol. The monoisotopic (exact) mass is 276 g/mol. The molecule has 0 heterocycles. The van der Waals surface area contributed by atoms with Gasteiger partial charge in [0.1, 0.15) is 0 Å². The van der Waals surface area contributed by atoms with Crippen molar-refractivity contribution in [2.24, 2.45) is 0 Å². The fraction of sp³-hybridized carbons (Fsp3) is 0.143. The zero-order chi connectivity index (χ0) is 11.2. The highest BCUT2D eigenvalue weighted by atomic mass is 79.9. The standard InChI is InChI=1S/C14H13BrO/c15-14-8-4-7-13(9-14)11-16-10-12-5-2-1-3-6-12/h1-9H,10-11H2. The molecule has 0 aromatic heterocycles. The van der Waals surface area contributed by atoms with Crippen LogP contribution in [0.2, 0.25) is 0 Å². The van der Waals surface area contributed by atoms with Crippen LogP contribution in [0.25, 0.3) is 0 Å². The minimum absolute atomic E-state index is 0.647. The molecule has 0 saturated carbocycles. The van der Waals surface area contributed by atoms with E-state index in [1.807, 2.05) is 30.3 Å². The molecule has 0 atom stereocenters. The molecular weight excluding hydrogens is 264 g/mol. The minimum atomic E-state index is 0.647. The van der Waals surface area contributed by atoms with E-state index in [1.165, 1.54) is 11.1 Å². The molecule has 2 rings (SSSR count). The van der Waals surface area contributed by atoms with Gasteiger partial charge in [-0.3, -0.25) is 0 Å². The lowest BCUT2D eigenvalue weighted by Gasteiger charge is -2.04. The third-order valence-corrected chi connectivity index (χ3v) is 2.76. The first-order valence-electron chi connectivity index (χ1n) is 5.21. The average molecular weight is 277 g/mol. The lowest BCUT2D eigenvalue weighted by atomic mass is 10.2. The van der Waals surface area contributed by atoms with Gasteiger partial charge < -0.3 is 4.74 Å². The maximum atomic E-state index is 5.64. The van der Waals surface area contributed by atoms with Crippen LogP contribution in [0.15, 0.2) is 59.1 Å². The van der Waals surface area contributed by atoms with Crippen LogP contribution in [0.5, 0.6) is 0 Å². The second-order valence-electron chi connectivity index (χ2n) is 3.61. The Morgan fingerprint density at radius 2 is 1.50 bits per heavy atom. The Hall–Kier alpha value is -1.12. The van der Waals surface area contributed by atoms with Gasteiger partial charge in [0.05, 0.1) is 13.2 Å². The number of hydrogen-bond donors (Lipinski definition) is 0. The van der Waals surface area contributed by atoms with Gasteiger partial charge in [0, 0.05) is 4.47 Å². The summed E-state index contributed by atoms with van der Waals surface area (Å²) in [6.07, 6.45) is 0. The summed E-state index contributed by atoms with van der Waals surface area (Å²) in [6.45, 7) is 1.31. The summed E-state index contributed by atoms with van der Waals surface area (Å²) in [5.41, 5.74) is 2.39. The van der Waals surface area contributed by atoms with E-state index in [0.29, 0.717) is 13.2 Å². The van der Waals surface area contributed by atoms with Crippen LogP contribution in [0.4, 0.5) is 0 Å². The quantitative estimate of drug-likeness (QED) is 0.815. The molecule has 0 fully saturated rings. The molecular formula is C14H13BrO. The van der Waals surface area contributed by atoms with Crippen LogP contribution in [0, 0.1) is 0 Å². The Morgan fingerprint density at radius 3 is 2.25 bits per heavy atom. The van der Waals surface area contributed by atoms with Crippen molar-refractivity contribution in [3.8, 4) is 0 Å². The molecule has 0 saturated heterocycles. The first-order chi connectivity index (χ1) is 7.84. The molecule has 2 aromatic rings. The summed E-state index contributed by atoms with van der Waals surface area (Å²) in [6, 6.07) is 18.4. The number of ether oxygens (including phenoxy) is 1. The van der Waals surface area contributed by atoms with E-state index in [0.717, 1.165) is 4.47 Å². The highest BCUT2D eigenvalue weighted by molar-refractivity contribution is 9.10. The van der Waals surface area contributed by atoms with Crippen molar-refractivity contribution < 1.29 is 4.74 Å².